The predicted octanol–water partition coefficient (Wildman–Crippen LogP) is 2.80. The maximum absolute atomic E-state index is 3.48. The van der Waals surface area contributed by atoms with Gasteiger partial charge in [0.2, 0.25) is 0 Å². The molecule has 2 rings (SSSR count). The van der Waals surface area contributed by atoms with E-state index < -0.39 is 0 Å². The normalized spacial score (nSPS) is 24.3. The Bertz CT molecular complexity index is 336. The van der Waals surface area contributed by atoms with Crippen LogP contribution in [0.3, 0.4) is 0 Å². The molecule has 0 bridgehead atoms. The van der Waals surface area contributed by atoms with Gasteiger partial charge in [-0.2, -0.15) is 0 Å². The van der Waals surface area contributed by atoms with Gasteiger partial charge in [-0.05, 0) is 31.5 Å². The number of nitrogens with zero attached hydrogens (tertiary/aromatic N) is 1. The Morgan fingerprint density at radius 2 is 2.06 bits per heavy atom. The second kappa shape index (κ2) is 5.30. The summed E-state index contributed by atoms with van der Waals surface area (Å²) in [5.74, 6) is 0. The molecule has 16 heavy (non-hydrogen) atoms. The molecule has 3 heteroatoms. The van der Waals surface area contributed by atoms with Gasteiger partial charge in [-0.1, -0.05) is 28.1 Å². The molecule has 1 heterocycles. The smallest absolute Gasteiger partial charge is 0.0323 e. The van der Waals surface area contributed by atoms with Crippen molar-refractivity contribution in [3.8, 4) is 0 Å². The summed E-state index contributed by atoms with van der Waals surface area (Å²) in [6, 6.07) is 9.79. The third-order valence-corrected chi connectivity index (χ3v) is 3.93. The first-order chi connectivity index (χ1) is 7.68. The minimum absolute atomic E-state index is 0.505. The molecule has 2 nitrogen and oxygen atoms in total. The van der Waals surface area contributed by atoms with E-state index in [1.807, 2.05) is 0 Å². The lowest BCUT2D eigenvalue weighted by Gasteiger charge is -2.38. The first-order valence-corrected chi connectivity index (χ1v) is 6.69. The minimum atomic E-state index is 0.505. The zero-order valence-corrected chi connectivity index (χ0v) is 11.5. The Balaban J connectivity index is 2.11. The van der Waals surface area contributed by atoms with Gasteiger partial charge >= 0.3 is 0 Å². The van der Waals surface area contributed by atoms with Crippen LogP contribution in [0.5, 0.6) is 0 Å². The van der Waals surface area contributed by atoms with E-state index in [9.17, 15) is 0 Å². The average molecular weight is 283 g/mol. The topological polar surface area (TPSA) is 15.3 Å². The van der Waals surface area contributed by atoms with Gasteiger partial charge in [0.15, 0.2) is 0 Å². The molecule has 1 aromatic carbocycles. The first kappa shape index (κ1) is 12.1. The van der Waals surface area contributed by atoms with Gasteiger partial charge in [-0.25, -0.2) is 0 Å². The molecule has 1 saturated heterocycles. The SMILES string of the molecule is C[C@@H]1CNCCN1[C@@H](C)c1ccc(Br)cc1. The summed E-state index contributed by atoms with van der Waals surface area (Å²) in [6.45, 7) is 7.93. The summed E-state index contributed by atoms with van der Waals surface area (Å²) >= 11 is 3.48. The third kappa shape index (κ3) is 2.65. The molecule has 0 spiro atoms. The second-order valence-electron chi connectivity index (χ2n) is 4.52. The van der Waals surface area contributed by atoms with Crippen LogP contribution < -0.4 is 5.32 Å². The minimum Gasteiger partial charge on any atom is -0.314 e. The van der Waals surface area contributed by atoms with E-state index in [-0.39, 0.29) is 0 Å². The molecule has 1 fully saturated rings. The largest absolute Gasteiger partial charge is 0.314 e. The summed E-state index contributed by atoms with van der Waals surface area (Å²) < 4.78 is 1.15. The summed E-state index contributed by atoms with van der Waals surface area (Å²) in [6.07, 6.45) is 0. The Morgan fingerprint density at radius 1 is 1.38 bits per heavy atom. The summed E-state index contributed by atoms with van der Waals surface area (Å²) in [5, 5.41) is 3.43. The van der Waals surface area contributed by atoms with Gasteiger partial charge in [0, 0.05) is 36.2 Å². The van der Waals surface area contributed by atoms with E-state index in [0.29, 0.717) is 12.1 Å². The maximum Gasteiger partial charge on any atom is 0.0323 e. The van der Waals surface area contributed by atoms with Gasteiger partial charge in [0.25, 0.3) is 0 Å². The van der Waals surface area contributed by atoms with Crippen LogP contribution in [-0.4, -0.2) is 30.6 Å². The van der Waals surface area contributed by atoms with Crippen molar-refractivity contribution >= 4 is 15.9 Å². The highest BCUT2D eigenvalue weighted by atomic mass is 79.9. The maximum atomic E-state index is 3.48. The number of benzene rings is 1. The van der Waals surface area contributed by atoms with Crippen LogP contribution in [0.1, 0.15) is 25.5 Å². The molecular formula is C13H19BrN2. The van der Waals surface area contributed by atoms with Crippen LogP contribution in [-0.2, 0) is 0 Å². The number of hydrogen-bond acceptors (Lipinski definition) is 2. The van der Waals surface area contributed by atoms with Crippen molar-refractivity contribution in [2.75, 3.05) is 19.6 Å². The van der Waals surface area contributed by atoms with Crippen LogP contribution in [0.4, 0.5) is 0 Å². The highest BCUT2D eigenvalue weighted by Gasteiger charge is 2.23. The van der Waals surface area contributed by atoms with Crippen molar-refractivity contribution in [2.24, 2.45) is 0 Å². The molecule has 88 valence electrons. The zero-order valence-electron chi connectivity index (χ0n) is 9.91. The Kier molecular flexibility index (Phi) is 4.00. The quantitative estimate of drug-likeness (QED) is 0.898. The lowest BCUT2D eigenvalue weighted by Crippen LogP contribution is -2.50. The van der Waals surface area contributed by atoms with Crippen molar-refractivity contribution in [3.05, 3.63) is 34.3 Å². The summed E-state index contributed by atoms with van der Waals surface area (Å²) in [4.78, 5) is 2.57. The molecule has 1 aliphatic heterocycles. The Morgan fingerprint density at radius 3 is 2.69 bits per heavy atom. The Labute approximate surface area is 106 Å². The second-order valence-corrected chi connectivity index (χ2v) is 5.43. The zero-order chi connectivity index (χ0) is 11.5. The van der Waals surface area contributed by atoms with Crippen molar-refractivity contribution in [2.45, 2.75) is 25.9 Å². The van der Waals surface area contributed by atoms with E-state index in [0.717, 1.165) is 24.1 Å². The van der Waals surface area contributed by atoms with Gasteiger partial charge in [-0.15, -0.1) is 0 Å². The molecule has 0 radical (unpaired) electrons. The fourth-order valence-electron chi connectivity index (χ4n) is 2.36. The molecule has 0 aromatic heterocycles. The van der Waals surface area contributed by atoms with E-state index >= 15 is 0 Å². The molecule has 2 atom stereocenters. The van der Waals surface area contributed by atoms with Crippen molar-refractivity contribution in [3.63, 3.8) is 0 Å². The van der Waals surface area contributed by atoms with Gasteiger partial charge in [-0.3, -0.25) is 4.90 Å². The fourth-order valence-corrected chi connectivity index (χ4v) is 2.63. The van der Waals surface area contributed by atoms with Crippen molar-refractivity contribution in [1.82, 2.24) is 10.2 Å². The predicted molar refractivity (Wildman–Crippen MR) is 71.6 cm³/mol. The molecule has 0 saturated carbocycles. The number of halogens is 1. The summed E-state index contributed by atoms with van der Waals surface area (Å²) in [5.41, 5.74) is 1.40. The van der Waals surface area contributed by atoms with Crippen LogP contribution >= 0.6 is 15.9 Å². The van der Waals surface area contributed by atoms with Gasteiger partial charge in [0.05, 0.1) is 0 Å². The molecule has 1 aromatic rings. The van der Waals surface area contributed by atoms with Gasteiger partial charge in [0.1, 0.15) is 0 Å². The summed E-state index contributed by atoms with van der Waals surface area (Å²) in [7, 11) is 0. The average Bonchev–Trinajstić information content (AvgIpc) is 2.30. The number of rotatable bonds is 2. The van der Waals surface area contributed by atoms with E-state index in [1.54, 1.807) is 0 Å². The number of hydrogen-bond donors (Lipinski definition) is 1. The molecule has 0 unspecified atom stereocenters. The fraction of sp³-hybridized carbons (Fsp3) is 0.538. The molecule has 1 aliphatic rings. The van der Waals surface area contributed by atoms with Crippen LogP contribution in [0.2, 0.25) is 0 Å². The van der Waals surface area contributed by atoms with Crippen molar-refractivity contribution in [1.29, 1.82) is 0 Å². The van der Waals surface area contributed by atoms with E-state index in [2.05, 4.69) is 64.3 Å². The molecule has 0 aliphatic carbocycles. The van der Waals surface area contributed by atoms with E-state index in [1.165, 1.54) is 5.56 Å². The highest BCUT2D eigenvalue weighted by molar-refractivity contribution is 9.10. The molecule has 0 amide bonds. The monoisotopic (exact) mass is 282 g/mol. The van der Waals surface area contributed by atoms with Crippen molar-refractivity contribution < 1.29 is 0 Å². The number of nitrogens with one attached hydrogen (secondary N) is 1. The van der Waals surface area contributed by atoms with Crippen LogP contribution in [0.15, 0.2) is 28.7 Å². The van der Waals surface area contributed by atoms with Gasteiger partial charge < -0.3 is 5.32 Å². The number of piperazine rings is 1. The lowest BCUT2D eigenvalue weighted by atomic mass is 10.0. The van der Waals surface area contributed by atoms with Crippen LogP contribution in [0, 0.1) is 0 Å². The molecule has 1 N–H and O–H groups in total. The van der Waals surface area contributed by atoms with Crippen LogP contribution in [0.25, 0.3) is 0 Å². The standard InChI is InChI=1S/C13H19BrN2/c1-10-9-15-7-8-16(10)11(2)12-3-5-13(14)6-4-12/h3-6,10-11,15H,7-9H2,1-2H3/t10-,11+/m1/s1. The molecular weight excluding hydrogens is 264 g/mol. The van der Waals surface area contributed by atoms with E-state index in [4.69, 9.17) is 0 Å². The highest BCUT2D eigenvalue weighted by Crippen LogP contribution is 2.24. The Hall–Kier alpha value is -0.380. The third-order valence-electron chi connectivity index (χ3n) is 3.40. The lowest BCUT2D eigenvalue weighted by molar-refractivity contribution is 0.126. The first-order valence-electron chi connectivity index (χ1n) is 5.90.